The maximum atomic E-state index is 5.35. The lowest BCUT2D eigenvalue weighted by molar-refractivity contribution is 0.552. The molecule has 1 aromatic heterocycles. The lowest BCUT2D eigenvalue weighted by Gasteiger charge is -2.00. The topological polar surface area (TPSA) is 13.1 Å². The molecule has 0 amide bonds. The molecule has 0 aliphatic rings. The predicted octanol–water partition coefficient (Wildman–Crippen LogP) is 5.82. The summed E-state index contributed by atoms with van der Waals surface area (Å²) in [4.78, 5) is 0. The van der Waals surface area contributed by atoms with Crippen LogP contribution in [0.3, 0.4) is 0 Å². The molecule has 0 fully saturated rings. The Morgan fingerprint density at radius 2 is 1.82 bits per heavy atom. The van der Waals surface area contributed by atoms with E-state index in [4.69, 9.17) is 4.42 Å². The Hall–Kier alpha value is -0.980. The fourth-order valence-electron chi connectivity index (χ4n) is 2.02. The normalized spacial score (nSPS) is 12.0. The van der Waals surface area contributed by atoms with Crippen molar-refractivity contribution < 1.29 is 4.42 Å². The molecular weight excluding hydrogens is 208 g/mol. The summed E-state index contributed by atoms with van der Waals surface area (Å²) in [6, 6.07) is 3.97. The van der Waals surface area contributed by atoms with Crippen molar-refractivity contribution in [2.24, 2.45) is 0 Å². The van der Waals surface area contributed by atoms with Crippen LogP contribution < -0.4 is 0 Å². The molecule has 1 rings (SSSR count). The van der Waals surface area contributed by atoms with Crippen LogP contribution >= 0.6 is 0 Å². The maximum Gasteiger partial charge on any atom is 0.129 e. The molecule has 0 bridgehead atoms. The molecule has 1 heterocycles. The predicted molar refractivity (Wildman–Crippen MR) is 75.0 cm³/mol. The number of hydrogen-bond donors (Lipinski definition) is 0. The van der Waals surface area contributed by atoms with Crippen LogP contribution in [0.2, 0.25) is 0 Å². The highest BCUT2D eigenvalue weighted by atomic mass is 16.3. The van der Waals surface area contributed by atoms with Crippen LogP contribution in [0.1, 0.15) is 71.0 Å². The standard InChI is InChI=1S/C16H26O/c1-3-4-5-6-7-8-9-10-12-15(2)16-13-11-14-17-16/h11-14H,3-10H2,1-2H3/b15-12-. The Balaban J connectivity index is 2.02. The van der Waals surface area contributed by atoms with E-state index in [1.54, 1.807) is 6.26 Å². The van der Waals surface area contributed by atoms with Gasteiger partial charge in [-0.25, -0.2) is 0 Å². The average molecular weight is 234 g/mol. The summed E-state index contributed by atoms with van der Waals surface area (Å²) < 4.78 is 5.35. The summed E-state index contributed by atoms with van der Waals surface area (Å²) in [7, 11) is 0. The van der Waals surface area contributed by atoms with E-state index in [0.717, 1.165) is 5.76 Å². The van der Waals surface area contributed by atoms with Crippen LogP contribution in [0.15, 0.2) is 28.9 Å². The van der Waals surface area contributed by atoms with Crippen molar-refractivity contribution in [2.75, 3.05) is 0 Å². The third-order valence-corrected chi connectivity index (χ3v) is 3.17. The molecule has 0 saturated heterocycles. The van der Waals surface area contributed by atoms with Gasteiger partial charge in [0.25, 0.3) is 0 Å². The van der Waals surface area contributed by atoms with Crippen molar-refractivity contribution >= 4 is 5.57 Å². The van der Waals surface area contributed by atoms with Gasteiger partial charge in [-0.05, 0) is 37.5 Å². The van der Waals surface area contributed by atoms with Crippen molar-refractivity contribution in [3.63, 3.8) is 0 Å². The largest absolute Gasteiger partial charge is 0.465 e. The first-order chi connectivity index (χ1) is 8.34. The van der Waals surface area contributed by atoms with Gasteiger partial charge in [-0.2, -0.15) is 0 Å². The summed E-state index contributed by atoms with van der Waals surface area (Å²) in [6.07, 6.45) is 14.9. The summed E-state index contributed by atoms with van der Waals surface area (Å²) in [5.74, 6) is 1.01. The summed E-state index contributed by atoms with van der Waals surface area (Å²) in [5, 5.41) is 0. The van der Waals surface area contributed by atoms with E-state index < -0.39 is 0 Å². The number of rotatable bonds is 9. The molecule has 0 aliphatic heterocycles. The van der Waals surface area contributed by atoms with Gasteiger partial charge in [0.2, 0.25) is 0 Å². The smallest absolute Gasteiger partial charge is 0.129 e. The van der Waals surface area contributed by atoms with E-state index in [-0.39, 0.29) is 0 Å². The second-order valence-electron chi connectivity index (χ2n) is 4.77. The van der Waals surface area contributed by atoms with E-state index in [9.17, 15) is 0 Å². The second kappa shape index (κ2) is 9.09. The minimum atomic E-state index is 1.01. The molecule has 0 radical (unpaired) electrons. The third-order valence-electron chi connectivity index (χ3n) is 3.17. The summed E-state index contributed by atoms with van der Waals surface area (Å²) >= 11 is 0. The van der Waals surface area contributed by atoms with E-state index in [0.29, 0.717) is 0 Å². The Kier molecular flexibility index (Phi) is 7.53. The van der Waals surface area contributed by atoms with Crippen molar-refractivity contribution in [3.05, 3.63) is 30.2 Å². The zero-order valence-corrected chi connectivity index (χ0v) is 11.4. The zero-order chi connectivity index (χ0) is 12.3. The van der Waals surface area contributed by atoms with E-state index in [2.05, 4.69) is 19.9 Å². The lowest BCUT2D eigenvalue weighted by Crippen LogP contribution is -1.80. The van der Waals surface area contributed by atoms with Gasteiger partial charge in [0.05, 0.1) is 6.26 Å². The molecule has 96 valence electrons. The lowest BCUT2D eigenvalue weighted by atomic mass is 10.1. The minimum absolute atomic E-state index is 1.01. The molecule has 0 spiro atoms. The highest BCUT2D eigenvalue weighted by Crippen LogP contribution is 2.16. The van der Waals surface area contributed by atoms with Crippen molar-refractivity contribution in [1.82, 2.24) is 0 Å². The Morgan fingerprint density at radius 3 is 2.47 bits per heavy atom. The highest BCUT2D eigenvalue weighted by Gasteiger charge is 1.96. The molecule has 0 aromatic carbocycles. The molecule has 0 aliphatic carbocycles. The molecule has 0 N–H and O–H groups in total. The van der Waals surface area contributed by atoms with Crippen LogP contribution in [0.5, 0.6) is 0 Å². The van der Waals surface area contributed by atoms with Gasteiger partial charge in [0, 0.05) is 0 Å². The van der Waals surface area contributed by atoms with Gasteiger partial charge in [0.1, 0.15) is 5.76 Å². The fourth-order valence-corrected chi connectivity index (χ4v) is 2.02. The maximum absolute atomic E-state index is 5.35. The first kappa shape index (κ1) is 14.1. The zero-order valence-electron chi connectivity index (χ0n) is 11.4. The summed E-state index contributed by atoms with van der Waals surface area (Å²) in [5.41, 5.74) is 1.26. The average Bonchev–Trinajstić information content (AvgIpc) is 2.86. The van der Waals surface area contributed by atoms with Crippen LogP contribution in [-0.4, -0.2) is 0 Å². The van der Waals surface area contributed by atoms with Crippen molar-refractivity contribution in [3.8, 4) is 0 Å². The first-order valence-electron chi connectivity index (χ1n) is 7.05. The monoisotopic (exact) mass is 234 g/mol. The second-order valence-corrected chi connectivity index (χ2v) is 4.77. The van der Waals surface area contributed by atoms with Gasteiger partial charge < -0.3 is 4.42 Å². The number of furan rings is 1. The minimum Gasteiger partial charge on any atom is -0.465 e. The molecule has 17 heavy (non-hydrogen) atoms. The fraction of sp³-hybridized carbons (Fsp3) is 0.625. The SMILES string of the molecule is CCCCCCCCC/C=C(/C)c1ccco1. The molecule has 0 atom stereocenters. The van der Waals surface area contributed by atoms with Gasteiger partial charge >= 0.3 is 0 Å². The van der Waals surface area contributed by atoms with Gasteiger partial charge in [-0.15, -0.1) is 0 Å². The first-order valence-corrected chi connectivity index (χ1v) is 7.05. The van der Waals surface area contributed by atoms with E-state index in [1.165, 1.54) is 56.9 Å². The van der Waals surface area contributed by atoms with Gasteiger partial charge in [-0.3, -0.25) is 0 Å². The van der Waals surface area contributed by atoms with Crippen LogP contribution in [0, 0.1) is 0 Å². The van der Waals surface area contributed by atoms with E-state index >= 15 is 0 Å². The third kappa shape index (κ3) is 6.35. The summed E-state index contributed by atoms with van der Waals surface area (Å²) in [6.45, 7) is 4.39. The van der Waals surface area contributed by atoms with E-state index in [1.807, 2.05) is 12.1 Å². The van der Waals surface area contributed by atoms with Crippen LogP contribution in [0.4, 0.5) is 0 Å². The Bertz CT molecular complexity index is 295. The van der Waals surface area contributed by atoms with Crippen LogP contribution in [-0.2, 0) is 0 Å². The molecule has 1 heteroatoms. The Morgan fingerprint density at radius 1 is 1.12 bits per heavy atom. The van der Waals surface area contributed by atoms with Gasteiger partial charge in [0.15, 0.2) is 0 Å². The molecule has 0 unspecified atom stereocenters. The molecule has 1 aromatic rings. The van der Waals surface area contributed by atoms with Crippen LogP contribution in [0.25, 0.3) is 5.57 Å². The van der Waals surface area contributed by atoms with Gasteiger partial charge in [-0.1, -0.05) is 51.5 Å². The molecule has 0 saturated carbocycles. The van der Waals surface area contributed by atoms with Crippen molar-refractivity contribution in [2.45, 2.75) is 65.2 Å². The number of allylic oxidation sites excluding steroid dienone is 2. The molecular formula is C16H26O. The Labute approximate surface area is 106 Å². The molecule has 1 nitrogen and oxygen atoms in total. The number of unbranched alkanes of at least 4 members (excludes halogenated alkanes) is 7. The highest BCUT2D eigenvalue weighted by molar-refractivity contribution is 5.58. The van der Waals surface area contributed by atoms with Crippen molar-refractivity contribution in [1.29, 1.82) is 0 Å². The quantitative estimate of drug-likeness (QED) is 0.490. The number of hydrogen-bond acceptors (Lipinski definition) is 1.